The summed E-state index contributed by atoms with van der Waals surface area (Å²) in [5.74, 6) is -2.48. The summed E-state index contributed by atoms with van der Waals surface area (Å²) in [6.07, 6.45) is -5.13. The Morgan fingerprint density at radius 2 is 1.65 bits per heavy atom. The van der Waals surface area contributed by atoms with Gasteiger partial charge < -0.3 is 10.6 Å². The number of amides is 1. The molecular formula is C19H22ClF3N2O. The third-order valence-corrected chi connectivity index (χ3v) is 3.84. The Balaban J connectivity index is 0.00000338. The molecule has 0 saturated carbocycles. The van der Waals surface area contributed by atoms with Crippen LogP contribution in [-0.4, -0.2) is 18.6 Å². The maximum absolute atomic E-state index is 13.4. The molecule has 0 radical (unpaired) electrons. The van der Waals surface area contributed by atoms with Crippen molar-refractivity contribution in [3.8, 4) is 0 Å². The highest BCUT2D eigenvalue weighted by Crippen LogP contribution is 2.37. The minimum atomic E-state index is -4.48. The quantitative estimate of drug-likeness (QED) is 0.711. The standard InChI is InChI=1S/C19H21F3N2O.ClH/c1-2-23-13-15-10-6-7-11-17(15)24-18(25)12-16(19(20,21)22)14-8-4-3-5-9-14;/h3-11,16,23H,2,12-13H2,1H3,(H,24,25);1H. The molecule has 2 N–H and O–H groups in total. The Bertz CT molecular complexity index is 693. The van der Waals surface area contributed by atoms with Crippen molar-refractivity contribution < 1.29 is 18.0 Å². The van der Waals surface area contributed by atoms with Crippen molar-refractivity contribution in [3.63, 3.8) is 0 Å². The fourth-order valence-corrected chi connectivity index (χ4v) is 2.55. The Morgan fingerprint density at radius 3 is 2.27 bits per heavy atom. The molecule has 2 rings (SSSR count). The maximum atomic E-state index is 13.4. The Hall–Kier alpha value is -2.05. The lowest BCUT2D eigenvalue weighted by molar-refractivity contribution is -0.155. The number of alkyl halides is 3. The number of halogens is 4. The van der Waals surface area contributed by atoms with E-state index in [2.05, 4.69) is 10.6 Å². The fraction of sp³-hybridized carbons (Fsp3) is 0.316. The molecule has 2 aromatic carbocycles. The van der Waals surface area contributed by atoms with E-state index in [1.165, 1.54) is 24.3 Å². The molecule has 0 aliphatic carbocycles. The zero-order chi connectivity index (χ0) is 18.3. The van der Waals surface area contributed by atoms with Crippen molar-refractivity contribution in [1.82, 2.24) is 5.32 Å². The topological polar surface area (TPSA) is 41.1 Å². The molecule has 142 valence electrons. The Kier molecular flexibility index (Phi) is 8.61. The Morgan fingerprint density at radius 1 is 1.04 bits per heavy atom. The second-order valence-corrected chi connectivity index (χ2v) is 5.69. The van der Waals surface area contributed by atoms with Crippen molar-refractivity contribution in [1.29, 1.82) is 0 Å². The van der Waals surface area contributed by atoms with E-state index in [0.717, 1.165) is 12.1 Å². The van der Waals surface area contributed by atoms with E-state index < -0.39 is 24.4 Å². The summed E-state index contributed by atoms with van der Waals surface area (Å²) in [6, 6.07) is 14.6. The molecule has 0 aliphatic rings. The van der Waals surface area contributed by atoms with E-state index in [0.29, 0.717) is 12.2 Å². The van der Waals surface area contributed by atoms with Crippen LogP contribution in [0.25, 0.3) is 0 Å². The summed E-state index contributed by atoms with van der Waals surface area (Å²) in [6.45, 7) is 3.25. The van der Waals surface area contributed by atoms with E-state index >= 15 is 0 Å². The van der Waals surface area contributed by atoms with Gasteiger partial charge in [0.15, 0.2) is 0 Å². The highest BCUT2D eigenvalue weighted by atomic mass is 35.5. The summed E-state index contributed by atoms with van der Waals surface area (Å²) >= 11 is 0. The molecule has 0 aliphatic heterocycles. The van der Waals surface area contributed by atoms with E-state index in [1.54, 1.807) is 18.2 Å². The average molecular weight is 387 g/mol. The molecule has 0 spiro atoms. The third-order valence-electron chi connectivity index (χ3n) is 3.84. The molecule has 1 atom stereocenters. The smallest absolute Gasteiger partial charge is 0.326 e. The van der Waals surface area contributed by atoms with Crippen LogP contribution in [-0.2, 0) is 11.3 Å². The normalized spacial score (nSPS) is 12.2. The van der Waals surface area contributed by atoms with Crippen molar-refractivity contribution in [2.75, 3.05) is 11.9 Å². The lowest BCUT2D eigenvalue weighted by Crippen LogP contribution is -2.26. The van der Waals surface area contributed by atoms with Crippen molar-refractivity contribution in [3.05, 3.63) is 65.7 Å². The number of nitrogens with one attached hydrogen (secondary N) is 2. The molecule has 3 nitrogen and oxygen atoms in total. The van der Waals surface area contributed by atoms with E-state index in [4.69, 9.17) is 0 Å². The first-order chi connectivity index (χ1) is 11.9. The van der Waals surface area contributed by atoms with Crippen LogP contribution in [0, 0.1) is 0 Å². The van der Waals surface area contributed by atoms with Crippen LogP contribution in [0.1, 0.15) is 30.4 Å². The average Bonchev–Trinajstić information content (AvgIpc) is 2.59. The van der Waals surface area contributed by atoms with E-state index in [-0.39, 0.29) is 18.0 Å². The van der Waals surface area contributed by atoms with Gasteiger partial charge in [-0.05, 0) is 23.7 Å². The van der Waals surface area contributed by atoms with Crippen molar-refractivity contribution >= 4 is 24.0 Å². The van der Waals surface area contributed by atoms with E-state index in [1.807, 2.05) is 19.1 Å². The highest BCUT2D eigenvalue weighted by Gasteiger charge is 2.41. The first-order valence-electron chi connectivity index (χ1n) is 8.12. The molecular weight excluding hydrogens is 365 g/mol. The second kappa shape index (κ2) is 10.2. The molecule has 0 saturated heterocycles. The van der Waals surface area contributed by atoms with Gasteiger partial charge in [-0.2, -0.15) is 13.2 Å². The lowest BCUT2D eigenvalue weighted by atomic mass is 9.94. The van der Waals surface area contributed by atoms with Gasteiger partial charge in [0.1, 0.15) is 0 Å². The molecule has 0 heterocycles. The fourth-order valence-electron chi connectivity index (χ4n) is 2.55. The van der Waals surface area contributed by atoms with E-state index in [9.17, 15) is 18.0 Å². The second-order valence-electron chi connectivity index (χ2n) is 5.69. The third kappa shape index (κ3) is 6.35. The van der Waals surface area contributed by atoms with Crippen LogP contribution >= 0.6 is 12.4 Å². The molecule has 1 unspecified atom stereocenters. The first kappa shape index (κ1) is 22.0. The number of hydrogen-bond acceptors (Lipinski definition) is 2. The van der Waals surface area contributed by atoms with Crippen LogP contribution in [0.2, 0.25) is 0 Å². The predicted octanol–water partition coefficient (Wildman–Crippen LogP) is 4.89. The predicted molar refractivity (Wildman–Crippen MR) is 99.6 cm³/mol. The highest BCUT2D eigenvalue weighted by molar-refractivity contribution is 5.92. The zero-order valence-electron chi connectivity index (χ0n) is 14.3. The zero-order valence-corrected chi connectivity index (χ0v) is 15.2. The summed E-state index contributed by atoms with van der Waals surface area (Å²) in [7, 11) is 0. The minimum absolute atomic E-state index is 0. The van der Waals surface area contributed by atoms with Gasteiger partial charge in [0.2, 0.25) is 5.91 Å². The van der Waals surface area contributed by atoms with Gasteiger partial charge in [0.25, 0.3) is 0 Å². The molecule has 0 bridgehead atoms. The molecule has 0 aromatic heterocycles. The van der Waals surface area contributed by atoms with Gasteiger partial charge in [-0.1, -0.05) is 55.5 Å². The lowest BCUT2D eigenvalue weighted by Gasteiger charge is -2.21. The number of benzene rings is 2. The van der Waals surface area contributed by atoms with Crippen molar-refractivity contribution in [2.45, 2.75) is 32.0 Å². The summed E-state index contributed by atoms with van der Waals surface area (Å²) in [5.41, 5.74) is 1.45. The SMILES string of the molecule is CCNCc1ccccc1NC(=O)CC(c1ccccc1)C(F)(F)F.Cl. The van der Waals surface area contributed by atoms with Gasteiger partial charge >= 0.3 is 6.18 Å². The monoisotopic (exact) mass is 386 g/mol. The summed E-state index contributed by atoms with van der Waals surface area (Å²) in [4.78, 5) is 12.2. The number of para-hydroxylation sites is 1. The molecule has 2 aromatic rings. The number of carbonyl (C=O) groups excluding carboxylic acids is 1. The van der Waals surface area contributed by atoms with Gasteiger partial charge in [0.05, 0.1) is 5.92 Å². The number of hydrogen-bond donors (Lipinski definition) is 2. The van der Waals surface area contributed by atoms with Crippen LogP contribution in [0.15, 0.2) is 54.6 Å². The minimum Gasteiger partial charge on any atom is -0.326 e. The van der Waals surface area contributed by atoms with Gasteiger partial charge in [-0.15, -0.1) is 12.4 Å². The number of anilines is 1. The summed E-state index contributed by atoms with van der Waals surface area (Å²) in [5, 5.41) is 5.75. The first-order valence-corrected chi connectivity index (χ1v) is 8.12. The molecule has 0 fully saturated rings. The molecule has 1 amide bonds. The largest absolute Gasteiger partial charge is 0.396 e. The van der Waals surface area contributed by atoms with Crippen LogP contribution < -0.4 is 10.6 Å². The van der Waals surface area contributed by atoms with Crippen molar-refractivity contribution in [2.24, 2.45) is 0 Å². The maximum Gasteiger partial charge on any atom is 0.396 e. The molecule has 7 heteroatoms. The van der Waals surface area contributed by atoms with Crippen LogP contribution in [0.4, 0.5) is 18.9 Å². The van der Waals surface area contributed by atoms with Gasteiger partial charge in [-0.3, -0.25) is 4.79 Å². The molecule has 26 heavy (non-hydrogen) atoms. The van der Waals surface area contributed by atoms with Gasteiger partial charge in [-0.25, -0.2) is 0 Å². The number of rotatable bonds is 7. The Labute approximate surface area is 157 Å². The number of carbonyl (C=O) groups is 1. The van der Waals surface area contributed by atoms with Crippen LogP contribution in [0.3, 0.4) is 0 Å². The van der Waals surface area contributed by atoms with Gasteiger partial charge in [0, 0.05) is 18.7 Å². The van der Waals surface area contributed by atoms with Crippen LogP contribution in [0.5, 0.6) is 0 Å². The summed E-state index contributed by atoms with van der Waals surface area (Å²) < 4.78 is 40.1.